The lowest BCUT2D eigenvalue weighted by Gasteiger charge is -2.09. The molecule has 1 heteroatoms. The zero-order valence-electron chi connectivity index (χ0n) is 18.2. The highest BCUT2D eigenvalue weighted by Crippen LogP contribution is 2.15. The molecule has 0 nitrogen and oxygen atoms in total. The van der Waals surface area contributed by atoms with Gasteiger partial charge in [0.25, 0.3) is 0 Å². The minimum Gasteiger partial charge on any atom is -0.0892 e. The maximum atomic E-state index is 2.62. The van der Waals surface area contributed by atoms with Crippen LogP contribution in [-0.4, -0.2) is 8.80 Å². The molecule has 0 aromatic rings. The Morgan fingerprint density at radius 2 is 0.800 bits per heavy atom. The Morgan fingerprint density at radius 1 is 0.520 bits per heavy atom. The van der Waals surface area contributed by atoms with E-state index in [9.17, 15) is 0 Å². The maximum absolute atomic E-state index is 2.62. The summed E-state index contributed by atoms with van der Waals surface area (Å²) in [5.74, 6) is 0. The van der Waals surface area contributed by atoms with Crippen LogP contribution in [0.4, 0.5) is 0 Å². The smallest absolute Gasteiger partial charge is 0.0892 e. The first-order valence-corrected chi connectivity index (χ1v) is 12.6. The normalized spacial score (nSPS) is 13.8. The van der Waals surface area contributed by atoms with Gasteiger partial charge >= 0.3 is 0 Å². The Balaban J connectivity index is 4.93. The quantitative estimate of drug-likeness (QED) is 0.202. The van der Waals surface area contributed by atoms with Crippen molar-refractivity contribution in [3.63, 3.8) is 0 Å². The van der Waals surface area contributed by atoms with Crippen molar-refractivity contribution in [2.45, 2.75) is 119 Å². The van der Waals surface area contributed by atoms with Crippen LogP contribution in [0.3, 0.4) is 0 Å². The van der Waals surface area contributed by atoms with Crippen molar-refractivity contribution < 1.29 is 0 Å². The Kier molecular flexibility index (Phi) is 16.5. The third-order valence-corrected chi connectivity index (χ3v) is 7.24. The minimum absolute atomic E-state index is 0.638. The fourth-order valence-electron chi connectivity index (χ4n) is 3.16. The third-order valence-electron chi connectivity index (χ3n) is 4.76. The van der Waals surface area contributed by atoms with E-state index in [0.717, 1.165) is 0 Å². The molecule has 0 aliphatic heterocycles. The Hall–Kier alpha value is -0.563. The van der Waals surface area contributed by atoms with Crippen molar-refractivity contribution in [3.8, 4) is 0 Å². The largest absolute Gasteiger partial charge is 0.131 e. The van der Waals surface area contributed by atoms with Gasteiger partial charge in [0.15, 0.2) is 0 Å². The highest BCUT2D eigenvalue weighted by Gasteiger charge is 2.05. The molecular formula is C24H45Si. The van der Waals surface area contributed by atoms with E-state index in [0.29, 0.717) is 0 Å². The topological polar surface area (TPSA) is 0 Å². The first kappa shape index (κ1) is 24.4. The van der Waals surface area contributed by atoms with E-state index in [1.165, 1.54) is 77.0 Å². The predicted molar refractivity (Wildman–Crippen MR) is 119 cm³/mol. The second-order valence-electron chi connectivity index (χ2n) is 7.84. The molecule has 0 aromatic heterocycles. The lowest BCUT2D eigenvalue weighted by atomic mass is 10.1. The van der Waals surface area contributed by atoms with Gasteiger partial charge in [-0.3, -0.25) is 0 Å². The van der Waals surface area contributed by atoms with Crippen LogP contribution in [0, 0.1) is 0 Å². The molecule has 0 aromatic carbocycles. The van der Waals surface area contributed by atoms with E-state index in [-0.39, 0.29) is 0 Å². The summed E-state index contributed by atoms with van der Waals surface area (Å²) in [6.45, 7) is 13.9. The van der Waals surface area contributed by atoms with Crippen LogP contribution >= 0.6 is 0 Å². The summed E-state index contributed by atoms with van der Waals surface area (Å²) in [6, 6.07) is 0. The van der Waals surface area contributed by atoms with E-state index in [1.807, 2.05) is 0 Å². The van der Waals surface area contributed by atoms with Gasteiger partial charge in [0.1, 0.15) is 8.80 Å². The molecule has 0 atom stereocenters. The molecule has 0 aliphatic carbocycles. The number of allylic oxidation sites excluding steroid dienone is 3. The maximum Gasteiger partial charge on any atom is 0.131 e. The van der Waals surface area contributed by atoms with Gasteiger partial charge in [0, 0.05) is 0 Å². The van der Waals surface area contributed by atoms with Crippen LogP contribution in [0.5, 0.6) is 0 Å². The second kappa shape index (κ2) is 16.9. The predicted octanol–water partition coefficient (Wildman–Crippen LogP) is 8.68. The van der Waals surface area contributed by atoms with Crippen molar-refractivity contribution in [3.05, 3.63) is 33.8 Å². The van der Waals surface area contributed by atoms with Gasteiger partial charge < -0.3 is 0 Å². The Labute approximate surface area is 161 Å². The van der Waals surface area contributed by atoms with Crippen LogP contribution in [0.1, 0.15) is 119 Å². The Bertz CT molecular complexity index is 339. The van der Waals surface area contributed by atoms with Gasteiger partial charge in [0.05, 0.1) is 0 Å². The van der Waals surface area contributed by atoms with Crippen LogP contribution in [0.2, 0.25) is 0 Å². The van der Waals surface area contributed by atoms with E-state index < -0.39 is 8.80 Å². The molecule has 0 aliphatic rings. The summed E-state index contributed by atoms with van der Waals surface area (Å²) in [6.07, 6.45) is 16.0. The molecule has 145 valence electrons. The van der Waals surface area contributed by atoms with Gasteiger partial charge in [-0.05, 0) is 59.3 Å². The van der Waals surface area contributed by atoms with E-state index in [1.54, 1.807) is 16.7 Å². The highest BCUT2D eigenvalue weighted by molar-refractivity contribution is 6.74. The van der Waals surface area contributed by atoms with Crippen molar-refractivity contribution in [1.29, 1.82) is 0 Å². The molecular weight excluding hydrogens is 316 g/mol. The molecule has 0 fully saturated rings. The zero-order valence-corrected chi connectivity index (χ0v) is 19.2. The van der Waals surface area contributed by atoms with Gasteiger partial charge in [-0.1, -0.05) is 93.1 Å². The minimum atomic E-state index is -0.638. The molecule has 0 heterocycles. The summed E-state index contributed by atoms with van der Waals surface area (Å²) in [5.41, 5.74) is 12.7. The van der Waals surface area contributed by atoms with Crippen LogP contribution < -0.4 is 0 Å². The molecule has 1 radical (unpaired) electrons. The Morgan fingerprint density at radius 3 is 1.04 bits per heavy atom. The standard InChI is InChI=1S/C24H45Si/c1-7-10-13-16-22(4)19-25(20-23(5)17-14-11-8-2)21-24(6)18-15-12-9-3/h19-21H,7-18H2,1-6H3/b22-19+,23-20+,24-21+. The zero-order chi connectivity index (χ0) is 18.9. The van der Waals surface area contributed by atoms with Gasteiger partial charge in [0.2, 0.25) is 0 Å². The molecule has 0 amide bonds. The molecule has 0 unspecified atom stereocenters. The third kappa shape index (κ3) is 15.4. The molecule has 0 saturated heterocycles. The number of rotatable bonds is 15. The van der Waals surface area contributed by atoms with Crippen LogP contribution in [0.25, 0.3) is 0 Å². The first-order valence-electron chi connectivity index (χ1n) is 10.9. The van der Waals surface area contributed by atoms with Crippen molar-refractivity contribution in [1.82, 2.24) is 0 Å². The monoisotopic (exact) mass is 361 g/mol. The van der Waals surface area contributed by atoms with Gasteiger partial charge in [-0.25, -0.2) is 0 Å². The van der Waals surface area contributed by atoms with E-state index in [2.05, 4.69) is 58.6 Å². The summed E-state index contributed by atoms with van der Waals surface area (Å²) in [5, 5.41) is 0. The first-order chi connectivity index (χ1) is 12.0. The molecule has 0 spiro atoms. The van der Waals surface area contributed by atoms with Crippen LogP contribution in [-0.2, 0) is 0 Å². The summed E-state index contributed by atoms with van der Waals surface area (Å²) < 4.78 is 0. The van der Waals surface area contributed by atoms with Gasteiger partial charge in [-0.2, -0.15) is 0 Å². The average Bonchev–Trinajstić information content (AvgIpc) is 2.55. The summed E-state index contributed by atoms with van der Waals surface area (Å²) in [4.78, 5) is 0. The fourth-order valence-corrected chi connectivity index (χ4v) is 5.55. The highest BCUT2D eigenvalue weighted by atomic mass is 28.3. The van der Waals surface area contributed by atoms with Crippen molar-refractivity contribution in [2.24, 2.45) is 0 Å². The molecule has 0 rings (SSSR count). The second-order valence-corrected chi connectivity index (χ2v) is 9.71. The van der Waals surface area contributed by atoms with Gasteiger partial charge in [-0.15, -0.1) is 0 Å². The summed E-state index contributed by atoms with van der Waals surface area (Å²) in [7, 11) is -0.638. The number of hydrogen-bond acceptors (Lipinski definition) is 0. The van der Waals surface area contributed by atoms with E-state index >= 15 is 0 Å². The average molecular weight is 362 g/mol. The fraction of sp³-hybridized carbons (Fsp3) is 0.750. The SMILES string of the molecule is CCCCC/C(C)=C/[Si](/C=C(\C)CCCCC)/C=C(\C)CCCCC. The van der Waals surface area contributed by atoms with E-state index in [4.69, 9.17) is 0 Å². The molecule has 0 N–H and O–H groups in total. The number of unbranched alkanes of at least 4 members (excludes halogenated alkanes) is 6. The summed E-state index contributed by atoms with van der Waals surface area (Å²) >= 11 is 0. The molecule has 0 bridgehead atoms. The van der Waals surface area contributed by atoms with Crippen molar-refractivity contribution >= 4 is 8.80 Å². The van der Waals surface area contributed by atoms with Crippen LogP contribution in [0.15, 0.2) is 33.8 Å². The lowest BCUT2D eigenvalue weighted by Crippen LogP contribution is -2.06. The van der Waals surface area contributed by atoms with Crippen molar-refractivity contribution in [2.75, 3.05) is 0 Å². The molecule has 25 heavy (non-hydrogen) atoms. The lowest BCUT2D eigenvalue weighted by molar-refractivity contribution is 0.712. The number of hydrogen-bond donors (Lipinski definition) is 0. The molecule has 0 saturated carbocycles.